The van der Waals surface area contributed by atoms with Crippen molar-refractivity contribution in [3.8, 4) is 0 Å². The lowest BCUT2D eigenvalue weighted by Gasteiger charge is -2.42. The topological polar surface area (TPSA) is 95.6 Å². The number of β-amino-alcohol motifs (C(OH)–C–C–N with tert-alkyl or cyclic N) is 1. The Labute approximate surface area is 176 Å². The van der Waals surface area contributed by atoms with Gasteiger partial charge in [-0.1, -0.05) is 12.1 Å². The summed E-state index contributed by atoms with van der Waals surface area (Å²) in [5.41, 5.74) is 8.09. The molecule has 7 heteroatoms. The zero-order chi connectivity index (χ0) is 21.1. The van der Waals surface area contributed by atoms with Crippen LogP contribution >= 0.6 is 0 Å². The van der Waals surface area contributed by atoms with Gasteiger partial charge >= 0.3 is 0 Å². The predicted octanol–water partition coefficient (Wildman–Crippen LogP) is 2.19. The molecule has 7 nitrogen and oxygen atoms in total. The number of benzene rings is 1. The lowest BCUT2D eigenvalue weighted by Crippen LogP contribution is -2.54. The maximum Gasteiger partial charge on any atom is 0.253 e. The molecule has 1 atom stereocenters. The molecule has 1 amide bonds. The number of aromatic nitrogens is 2. The Morgan fingerprint density at radius 1 is 1.30 bits per heavy atom. The Morgan fingerprint density at radius 3 is 3.00 bits per heavy atom. The normalized spacial score (nSPS) is 19.1. The van der Waals surface area contributed by atoms with E-state index < -0.39 is 5.60 Å². The minimum atomic E-state index is -0.994. The van der Waals surface area contributed by atoms with Gasteiger partial charge < -0.3 is 20.6 Å². The first-order valence-corrected chi connectivity index (χ1v) is 10.2. The summed E-state index contributed by atoms with van der Waals surface area (Å²) in [5, 5.41) is 12.3. The van der Waals surface area contributed by atoms with Gasteiger partial charge in [-0.25, -0.2) is 0 Å². The van der Waals surface area contributed by atoms with Crippen LogP contribution in [-0.2, 0) is 6.54 Å². The third-order valence-electron chi connectivity index (χ3n) is 5.70. The monoisotopic (exact) mass is 405 g/mol. The van der Waals surface area contributed by atoms with Gasteiger partial charge in [-0.2, -0.15) is 0 Å². The van der Waals surface area contributed by atoms with Crippen molar-refractivity contribution in [1.82, 2.24) is 14.9 Å². The van der Waals surface area contributed by atoms with Gasteiger partial charge in [0.1, 0.15) is 0 Å². The van der Waals surface area contributed by atoms with Crippen LogP contribution in [0.4, 0.5) is 5.69 Å². The second-order valence-corrected chi connectivity index (χ2v) is 8.04. The summed E-state index contributed by atoms with van der Waals surface area (Å²) >= 11 is 0. The number of aliphatic hydroxyl groups is 1. The number of carbonyl (C=O) groups excluding carboxylic acids is 1. The van der Waals surface area contributed by atoms with Crippen LogP contribution < -0.4 is 10.6 Å². The highest BCUT2D eigenvalue weighted by Crippen LogP contribution is 2.31. The van der Waals surface area contributed by atoms with Gasteiger partial charge in [0.2, 0.25) is 0 Å². The largest absolute Gasteiger partial charge is 0.386 e. The first-order valence-electron chi connectivity index (χ1n) is 10.2. The smallest absolute Gasteiger partial charge is 0.253 e. The number of anilines is 1. The van der Waals surface area contributed by atoms with Crippen LogP contribution in [0.25, 0.3) is 10.9 Å². The van der Waals surface area contributed by atoms with Crippen molar-refractivity contribution in [2.75, 3.05) is 31.6 Å². The first-order chi connectivity index (χ1) is 14.5. The minimum absolute atomic E-state index is 0.116. The molecule has 30 heavy (non-hydrogen) atoms. The lowest BCUT2D eigenvalue weighted by atomic mass is 9.91. The minimum Gasteiger partial charge on any atom is -0.386 e. The highest BCUT2D eigenvalue weighted by atomic mass is 16.3. The number of nitrogens with zero attached hydrogens (tertiary/aromatic N) is 4. The maximum atomic E-state index is 12.9. The van der Waals surface area contributed by atoms with Gasteiger partial charge in [0.05, 0.1) is 17.7 Å². The molecule has 3 aromatic rings. The van der Waals surface area contributed by atoms with E-state index in [9.17, 15) is 9.90 Å². The number of carbonyl (C=O) groups is 1. The number of pyridine rings is 2. The van der Waals surface area contributed by atoms with Crippen molar-refractivity contribution in [2.45, 2.75) is 25.0 Å². The molecule has 3 heterocycles. The van der Waals surface area contributed by atoms with Crippen LogP contribution in [0, 0.1) is 0 Å². The van der Waals surface area contributed by atoms with Gasteiger partial charge in [0, 0.05) is 61.9 Å². The fourth-order valence-electron chi connectivity index (χ4n) is 4.26. The molecule has 4 rings (SSSR count). The molecular formula is C23H27N5O2. The quantitative estimate of drug-likeness (QED) is 0.676. The number of amides is 1. The molecule has 0 radical (unpaired) electrons. The van der Waals surface area contributed by atoms with Crippen molar-refractivity contribution >= 4 is 22.5 Å². The van der Waals surface area contributed by atoms with Gasteiger partial charge in [-0.05, 0) is 42.7 Å². The van der Waals surface area contributed by atoms with E-state index in [2.05, 4.69) is 14.9 Å². The molecule has 2 aromatic heterocycles. The SMILES string of the molecule is CN(CC1(O)CCCN(c2ccnc3ccncc23)C1)C(=O)c1cccc(CN)c1. The second kappa shape index (κ2) is 8.38. The Kier molecular flexibility index (Phi) is 5.65. The summed E-state index contributed by atoms with van der Waals surface area (Å²) in [4.78, 5) is 25.3. The van der Waals surface area contributed by atoms with Crippen LogP contribution in [0.5, 0.6) is 0 Å². The fourth-order valence-corrected chi connectivity index (χ4v) is 4.26. The molecule has 0 spiro atoms. The summed E-state index contributed by atoms with van der Waals surface area (Å²) in [5.74, 6) is -0.116. The Morgan fingerprint density at radius 2 is 2.17 bits per heavy atom. The zero-order valence-electron chi connectivity index (χ0n) is 17.2. The van der Waals surface area contributed by atoms with Crippen LogP contribution in [0.15, 0.2) is 55.0 Å². The van der Waals surface area contributed by atoms with E-state index in [4.69, 9.17) is 5.73 Å². The zero-order valence-corrected chi connectivity index (χ0v) is 17.2. The second-order valence-electron chi connectivity index (χ2n) is 8.04. The van der Waals surface area contributed by atoms with Gasteiger partial charge in [-0.3, -0.25) is 14.8 Å². The summed E-state index contributed by atoms with van der Waals surface area (Å²) in [6.07, 6.45) is 6.80. The van der Waals surface area contributed by atoms with E-state index >= 15 is 0 Å². The highest BCUT2D eigenvalue weighted by Gasteiger charge is 2.36. The van der Waals surface area contributed by atoms with Gasteiger partial charge in [0.15, 0.2) is 0 Å². The molecule has 0 aliphatic carbocycles. The molecule has 0 saturated carbocycles. The Hall–Kier alpha value is -3.03. The molecule has 0 bridgehead atoms. The van der Waals surface area contributed by atoms with Crippen molar-refractivity contribution in [1.29, 1.82) is 0 Å². The van der Waals surface area contributed by atoms with Crippen LogP contribution in [0.2, 0.25) is 0 Å². The molecule has 1 fully saturated rings. The van der Waals surface area contributed by atoms with Gasteiger partial charge in [-0.15, -0.1) is 0 Å². The summed E-state index contributed by atoms with van der Waals surface area (Å²) < 4.78 is 0. The molecule has 1 aliphatic heterocycles. The number of hydrogen-bond donors (Lipinski definition) is 2. The third-order valence-corrected chi connectivity index (χ3v) is 5.70. The Balaban J connectivity index is 1.52. The number of hydrogen-bond acceptors (Lipinski definition) is 6. The summed E-state index contributed by atoms with van der Waals surface area (Å²) in [6, 6.07) is 11.2. The van der Waals surface area contributed by atoms with Crippen molar-refractivity contribution in [3.05, 3.63) is 66.1 Å². The van der Waals surface area contributed by atoms with E-state index in [0.717, 1.165) is 35.1 Å². The molecule has 1 saturated heterocycles. The molecule has 1 unspecified atom stereocenters. The van der Waals surface area contributed by atoms with E-state index in [0.29, 0.717) is 25.1 Å². The van der Waals surface area contributed by atoms with E-state index in [1.807, 2.05) is 36.5 Å². The number of rotatable bonds is 5. The van der Waals surface area contributed by atoms with Crippen LogP contribution in [0.1, 0.15) is 28.8 Å². The molecule has 156 valence electrons. The molecular weight excluding hydrogens is 378 g/mol. The van der Waals surface area contributed by atoms with Crippen LogP contribution in [-0.4, -0.2) is 58.2 Å². The third kappa shape index (κ3) is 4.13. The highest BCUT2D eigenvalue weighted by molar-refractivity contribution is 5.94. The van der Waals surface area contributed by atoms with Crippen LogP contribution in [0.3, 0.4) is 0 Å². The van der Waals surface area contributed by atoms with Crippen molar-refractivity contribution in [2.24, 2.45) is 5.73 Å². The van der Waals surface area contributed by atoms with Crippen molar-refractivity contribution in [3.63, 3.8) is 0 Å². The van der Waals surface area contributed by atoms with E-state index in [1.165, 1.54) is 0 Å². The standard InChI is InChI=1S/C23H27N5O2/c1-27(22(29)18-5-2-4-17(12-18)13-24)15-23(30)8-3-11-28(16-23)21-7-10-26-20-6-9-25-14-19(20)21/h2,4-7,9-10,12,14,30H,3,8,11,13,15-16,24H2,1H3. The Bertz CT molecular complexity index is 1050. The average Bonchev–Trinajstić information content (AvgIpc) is 2.78. The number of fused-ring (bicyclic) bond motifs is 1. The van der Waals surface area contributed by atoms with Crippen molar-refractivity contribution < 1.29 is 9.90 Å². The van der Waals surface area contributed by atoms with Gasteiger partial charge in [0.25, 0.3) is 5.91 Å². The van der Waals surface area contributed by atoms with E-state index in [-0.39, 0.29) is 12.5 Å². The summed E-state index contributed by atoms with van der Waals surface area (Å²) in [6.45, 7) is 1.93. The number of likely N-dealkylation sites (N-methyl/N-ethyl adjacent to an activating group) is 1. The predicted molar refractivity (Wildman–Crippen MR) is 117 cm³/mol. The first kappa shape index (κ1) is 20.3. The number of piperidine rings is 1. The number of nitrogens with two attached hydrogens (primary N) is 1. The fraction of sp³-hybridized carbons (Fsp3) is 0.348. The molecule has 1 aliphatic rings. The lowest BCUT2D eigenvalue weighted by molar-refractivity contribution is 0.0000665. The molecule has 1 aromatic carbocycles. The average molecular weight is 406 g/mol. The molecule has 3 N–H and O–H groups in total. The summed E-state index contributed by atoms with van der Waals surface area (Å²) in [7, 11) is 1.74. The maximum absolute atomic E-state index is 12.9. The van der Waals surface area contributed by atoms with E-state index in [1.54, 1.807) is 30.4 Å².